The fraction of sp³-hybridized carbons (Fsp3) is 1.00. The number of hydrogen-bond acceptors (Lipinski definition) is 0. The second kappa shape index (κ2) is 20.0. The first-order valence-electron chi connectivity index (χ1n) is 11.3. The van der Waals surface area contributed by atoms with E-state index in [1.54, 1.807) is 0 Å². The molecule has 140 valence electrons. The molecule has 0 saturated heterocycles. The van der Waals surface area contributed by atoms with Gasteiger partial charge in [0.2, 0.25) is 0 Å². The number of unbranched alkanes of at least 4 members (excludes halogenated alkanes) is 15. The molecule has 0 fully saturated rings. The molecule has 23 heavy (non-hydrogen) atoms. The summed E-state index contributed by atoms with van der Waals surface area (Å²) in [6.45, 7) is 7.03. The fourth-order valence-corrected chi connectivity index (χ4v) is 3.68. The Bertz CT molecular complexity index is 196. The van der Waals surface area contributed by atoms with Crippen LogP contribution in [0, 0.1) is 5.92 Å². The van der Waals surface area contributed by atoms with Crippen molar-refractivity contribution in [3.05, 3.63) is 0 Å². The van der Waals surface area contributed by atoms with Crippen LogP contribution >= 0.6 is 0 Å². The van der Waals surface area contributed by atoms with Crippen LogP contribution in [0.5, 0.6) is 0 Å². The summed E-state index contributed by atoms with van der Waals surface area (Å²) < 4.78 is 0. The van der Waals surface area contributed by atoms with Gasteiger partial charge in [0.25, 0.3) is 0 Å². The predicted octanol–water partition coefficient (Wildman–Crippen LogP) is 9.07. The third-order valence-corrected chi connectivity index (χ3v) is 5.33. The van der Waals surface area contributed by atoms with Crippen LogP contribution in [0.1, 0.15) is 143 Å². The predicted molar refractivity (Wildman–Crippen MR) is 108 cm³/mol. The summed E-state index contributed by atoms with van der Waals surface area (Å²) in [5.74, 6) is 0.964. The Labute approximate surface area is 149 Å². The molecule has 0 nitrogen and oxygen atoms in total. The van der Waals surface area contributed by atoms with Crippen molar-refractivity contribution < 1.29 is 0 Å². The first-order chi connectivity index (χ1) is 11.3. The fourth-order valence-electron chi connectivity index (χ4n) is 3.68. The summed E-state index contributed by atoms with van der Waals surface area (Å²) in [6.07, 6.45) is 27.8. The average Bonchev–Trinajstić information content (AvgIpc) is 2.54. The molecule has 0 radical (unpaired) electrons. The van der Waals surface area contributed by atoms with Crippen molar-refractivity contribution in [3.63, 3.8) is 0 Å². The molecule has 0 N–H and O–H groups in total. The van der Waals surface area contributed by atoms with Gasteiger partial charge in [-0.15, -0.1) is 0 Å². The molecule has 0 heteroatoms. The van der Waals surface area contributed by atoms with Gasteiger partial charge in [-0.05, 0) is 5.92 Å². The molecule has 0 rings (SSSR count). The molecule has 0 aromatic rings. The molecule has 0 saturated carbocycles. The van der Waals surface area contributed by atoms with Crippen LogP contribution in [-0.4, -0.2) is 0 Å². The minimum Gasteiger partial charge on any atom is -0.0654 e. The van der Waals surface area contributed by atoms with Crippen LogP contribution in [0.4, 0.5) is 0 Å². The van der Waals surface area contributed by atoms with Gasteiger partial charge in [0.1, 0.15) is 0 Å². The molecule has 0 bridgehead atoms. The third-order valence-electron chi connectivity index (χ3n) is 5.33. The van der Waals surface area contributed by atoms with Gasteiger partial charge in [-0.1, -0.05) is 143 Å². The summed E-state index contributed by atoms with van der Waals surface area (Å²) in [6, 6.07) is 0. The van der Waals surface area contributed by atoms with Gasteiger partial charge in [-0.3, -0.25) is 0 Å². The van der Waals surface area contributed by atoms with Crippen LogP contribution in [0.2, 0.25) is 0 Å². The van der Waals surface area contributed by atoms with Crippen molar-refractivity contribution in [1.82, 2.24) is 0 Å². The average molecular weight is 325 g/mol. The molecule has 0 aliphatic carbocycles. The van der Waals surface area contributed by atoms with E-state index in [0.717, 1.165) is 5.92 Å². The lowest BCUT2D eigenvalue weighted by molar-refractivity contribution is 0.450. The largest absolute Gasteiger partial charge is 0.0654 e. The summed E-state index contributed by atoms with van der Waals surface area (Å²) in [5, 5.41) is 0. The summed E-state index contributed by atoms with van der Waals surface area (Å²) >= 11 is 0. The Balaban J connectivity index is 3.00. The molecule has 1 atom stereocenters. The zero-order chi connectivity index (χ0) is 17.0. The SMILES string of the molecule is CCCCCCCCCCCCCCCCCC[C@H](C)CCC. The van der Waals surface area contributed by atoms with E-state index in [2.05, 4.69) is 20.8 Å². The number of hydrogen-bond donors (Lipinski definition) is 0. The van der Waals surface area contributed by atoms with Gasteiger partial charge in [-0.2, -0.15) is 0 Å². The van der Waals surface area contributed by atoms with Gasteiger partial charge in [0.05, 0.1) is 0 Å². The van der Waals surface area contributed by atoms with Gasteiger partial charge < -0.3 is 0 Å². The summed E-state index contributed by atoms with van der Waals surface area (Å²) in [7, 11) is 0. The highest BCUT2D eigenvalue weighted by molar-refractivity contribution is 4.54. The maximum absolute atomic E-state index is 2.43. The zero-order valence-electron chi connectivity index (χ0n) is 17.0. The van der Waals surface area contributed by atoms with E-state index in [-0.39, 0.29) is 0 Å². The topological polar surface area (TPSA) is 0 Å². The standard InChI is InChI=1S/C23H48/c1-4-6-7-8-9-10-11-12-13-14-15-16-17-18-19-20-22-23(3)21-5-2/h23H,4-22H2,1-3H3/t23-/m1/s1. The first-order valence-corrected chi connectivity index (χ1v) is 11.3. The molecule has 0 aliphatic rings. The van der Waals surface area contributed by atoms with E-state index >= 15 is 0 Å². The van der Waals surface area contributed by atoms with E-state index in [1.165, 1.54) is 122 Å². The molecule has 0 aliphatic heterocycles. The minimum atomic E-state index is 0.964. The van der Waals surface area contributed by atoms with E-state index in [0.29, 0.717) is 0 Å². The Kier molecular flexibility index (Phi) is 20.0. The maximum Gasteiger partial charge on any atom is -0.0443 e. The normalized spacial score (nSPS) is 12.7. The summed E-state index contributed by atoms with van der Waals surface area (Å²) in [5.41, 5.74) is 0. The smallest absolute Gasteiger partial charge is 0.0443 e. The quantitative estimate of drug-likeness (QED) is 0.208. The molecule has 0 spiro atoms. The Morgan fingerprint density at radius 1 is 0.391 bits per heavy atom. The van der Waals surface area contributed by atoms with Crippen LogP contribution in [0.15, 0.2) is 0 Å². The lowest BCUT2D eigenvalue weighted by Crippen LogP contribution is -1.93. The van der Waals surface area contributed by atoms with Gasteiger partial charge in [0.15, 0.2) is 0 Å². The lowest BCUT2D eigenvalue weighted by atomic mass is 9.98. The first kappa shape index (κ1) is 23.0. The maximum atomic E-state index is 2.43. The summed E-state index contributed by atoms with van der Waals surface area (Å²) in [4.78, 5) is 0. The van der Waals surface area contributed by atoms with E-state index in [4.69, 9.17) is 0 Å². The molecule has 0 heterocycles. The molecular weight excluding hydrogens is 276 g/mol. The van der Waals surface area contributed by atoms with Crippen LogP contribution in [0.3, 0.4) is 0 Å². The molecule has 0 unspecified atom stereocenters. The molecule has 0 amide bonds. The Morgan fingerprint density at radius 2 is 0.739 bits per heavy atom. The highest BCUT2D eigenvalue weighted by Crippen LogP contribution is 2.17. The van der Waals surface area contributed by atoms with Crippen LogP contribution < -0.4 is 0 Å². The Morgan fingerprint density at radius 3 is 1.09 bits per heavy atom. The van der Waals surface area contributed by atoms with E-state index in [1.807, 2.05) is 0 Å². The van der Waals surface area contributed by atoms with Gasteiger partial charge in [0, 0.05) is 0 Å². The second-order valence-corrected chi connectivity index (χ2v) is 7.99. The van der Waals surface area contributed by atoms with Crippen molar-refractivity contribution >= 4 is 0 Å². The molecule has 0 aromatic heterocycles. The van der Waals surface area contributed by atoms with Crippen LogP contribution in [0.25, 0.3) is 0 Å². The zero-order valence-corrected chi connectivity index (χ0v) is 17.0. The van der Waals surface area contributed by atoms with Crippen molar-refractivity contribution in [1.29, 1.82) is 0 Å². The Hall–Kier alpha value is 0. The highest BCUT2D eigenvalue weighted by Gasteiger charge is 2.00. The minimum absolute atomic E-state index is 0.964. The second-order valence-electron chi connectivity index (χ2n) is 7.99. The van der Waals surface area contributed by atoms with Crippen molar-refractivity contribution in [2.45, 2.75) is 143 Å². The molecular formula is C23H48. The third kappa shape index (κ3) is 20.0. The van der Waals surface area contributed by atoms with Crippen molar-refractivity contribution in [3.8, 4) is 0 Å². The van der Waals surface area contributed by atoms with E-state index < -0.39 is 0 Å². The highest BCUT2D eigenvalue weighted by atomic mass is 14.1. The van der Waals surface area contributed by atoms with Crippen LogP contribution in [-0.2, 0) is 0 Å². The molecule has 0 aromatic carbocycles. The monoisotopic (exact) mass is 324 g/mol. The van der Waals surface area contributed by atoms with E-state index in [9.17, 15) is 0 Å². The number of rotatable bonds is 19. The lowest BCUT2D eigenvalue weighted by Gasteiger charge is -2.09. The van der Waals surface area contributed by atoms with Crippen molar-refractivity contribution in [2.24, 2.45) is 5.92 Å². The van der Waals surface area contributed by atoms with Gasteiger partial charge in [-0.25, -0.2) is 0 Å². The van der Waals surface area contributed by atoms with Crippen molar-refractivity contribution in [2.75, 3.05) is 0 Å². The van der Waals surface area contributed by atoms with Gasteiger partial charge >= 0.3 is 0 Å².